The molecule has 156 valence electrons. The minimum Gasteiger partial charge on any atom is -0.324 e. The molecule has 1 amide bonds. The maximum absolute atomic E-state index is 13.3. The van der Waals surface area contributed by atoms with Gasteiger partial charge in [-0.25, -0.2) is 14.4 Å². The number of hydrogen-bond donors (Lipinski definition) is 1. The van der Waals surface area contributed by atoms with Crippen LogP contribution in [0.1, 0.15) is 5.69 Å². The van der Waals surface area contributed by atoms with E-state index in [1.54, 1.807) is 12.1 Å². The Bertz CT molecular complexity index is 1040. The summed E-state index contributed by atoms with van der Waals surface area (Å²) in [5, 5.41) is 2.53. The molecule has 0 aliphatic heterocycles. The fraction of sp³-hybridized carbons (Fsp3) is 0.150. The van der Waals surface area contributed by atoms with Crippen LogP contribution in [-0.2, 0) is 11.0 Å². The molecule has 0 radical (unpaired) electrons. The number of halogens is 4. The van der Waals surface area contributed by atoms with E-state index in [4.69, 9.17) is 0 Å². The van der Waals surface area contributed by atoms with Crippen molar-refractivity contribution in [3.63, 3.8) is 0 Å². The van der Waals surface area contributed by atoms with Gasteiger partial charge in [0, 0.05) is 10.5 Å². The fourth-order valence-electron chi connectivity index (χ4n) is 2.47. The zero-order chi connectivity index (χ0) is 21.7. The lowest BCUT2D eigenvalue weighted by Gasteiger charge is -2.11. The monoisotopic (exact) mass is 453 g/mol. The number of para-hydroxylation sites is 1. The van der Waals surface area contributed by atoms with Gasteiger partial charge in [-0.05, 0) is 48.7 Å². The van der Waals surface area contributed by atoms with E-state index in [1.165, 1.54) is 23.9 Å². The normalized spacial score (nSPS) is 11.4. The Hall–Kier alpha value is -2.59. The Kier molecular flexibility index (Phi) is 6.99. The molecule has 0 spiro atoms. The average Bonchev–Trinajstić information content (AvgIpc) is 2.72. The first-order chi connectivity index (χ1) is 14.3. The van der Waals surface area contributed by atoms with Gasteiger partial charge in [-0.15, -0.1) is 11.8 Å². The van der Waals surface area contributed by atoms with Gasteiger partial charge in [0.1, 0.15) is 11.5 Å². The Morgan fingerprint density at radius 1 is 1.07 bits per heavy atom. The van der Waals surface area contributed by atoms with Crippen molar-refractivity contribution in [2.24, 2.45) is 0 Å². The Balaban J connectivity index is 1.80. The summed E-state index contributed by atoms with van der Waals surface area (Å²) in [5.41, 5.74) is -0.211. The first kappa shape index (κ1) is 22.1. The summed E-state index contributed by atoms with van der Waals surface area (Å²) in [7, 11) is 0. The van der Waals surface area contributed by atoms with E-state index >= 15 is 0 Å². The van der Waals surface area contributed by atoms with Gasteiger partial charge in [-0.1, -0.05) is 23.9 Å². The molecule has 3 aromatic rings. The van der Waals surface area contributed by atoms with Crippen LogP contribution in [0.15, 0.2) is 64.6 Å². The van der Waals surface area contributed by atoms with Gasteiger partial charge in [0.2, 0.25) is 5.91 Å². The van der Waals surface area contributed by atoms with Gasteiger partial charge >= 0.3 is 6.18 Å². The van der Waals surface area contributed by atoms with Crippen LogP contribution in [0.4, 0.5) is 23.2 Å². The molecule has 1 aromatic heterocycles. The molecule has 4 nitrogen and oxygen atoms in total. The first-order valence-electron chi connectivity index (χ1n) is 8.54. The molecule has 0 bridgehead atoms. The van der Waals surface area contributed by atoms with Crippen molar-refractivity contribution in [2.75, 3.05) is 17.3 Å². The molecule has 0 fully saturated rings. The van der Waals surface area contributed by atoms with Gasteiger partial charge in [0.15, 0.2) is 5.16 Å². The van der Waals surface area contributed by atoms with Gasteiger partial charge < -0.3 is 5.32 Å². The lowest BCUT2D eigenvalue weighted by atomic mass is 10.1. The zero-order valence-corrected chi connectivity index (χ0v) is 17.2. The summed E-state index contributed by atoms with van der Waals surface area (Å²) >= 11 is 2.25. The average molecular weight is 453 g/mol. The van der Waals surface area contributed by atoms with Crippen LogP contribution in [-0.4, -0.2) is 27.9 Å². The number of alkyl halides is 3. The summed E-state index contributed by atoms with van der Waals surface area (Å²) < 4.78 is 52.9. The van der Waals surface area contributed by atoms with Crippen molar-refractivity contribution in [1.82, 2.24) is 9.97 Å². The third-order valence-corrected chi connectivity index (χ3v) is 5.49. The van der Waals surface area contributed by atoms with Crippen LogP contribution in [0.5, 0.6) is 0 Å². The molecule has 0 unspecified atom stereocenters. The number of nitrogens with zero attached hydrogens (tertiary/aromatic N) is 2. The van der Waals surface area contributed by atoms with Crippen molar-refractivity contribution >= 4 is 35.1 Å². The SMILES string of the molecule is CSc1ccccc1NC(=O)CSc1nc(-c2ccc(F)cc2)cc(C(F)(F)F)n1. The summed E-state index contributed by atoms with van der Waals surface area (Å²) in [4.78, 5) is 20.8. The summed E-state index contributed by atoms with van der Waals surface area (Å²) in [5.74, 6) is -1.08. The smallest absolute Gasteiger partial charge is 0.324 e. The number of nitrogens with one attached hydrogen (secondary N) is 1. The highest BCUT2D eigenvalue weighted by Gasteiger charge is 2.34. The van der Waals surface area contributed by atoms with Crippen molar-refractivity contribution in [3.05, 3.63) is 66.1 Å². The number of amides is 1. The van der Waals surface area contributed by atoms with Gasteiger partial charge in [0.25, 0.3) is 0 Å². The molecule has 1 N–H and O–H groups in total. The van der Waals surface area contributed by atoms with E-state index in [0.29, 0.717) is 11.3 Å². The van der Waals surface area contributed by atoms with Crippen LogP contribution in [0.25, 0.3) is 11.3 Å². The van der Waals surface area contributed by atoms with E-state index in [2.05, 4.69) is 15.3 Å². The predicted molar refractivity (Wildman–Crippen MR) is 110 cm³/mol. The number of carbonyl (C=O) groups is 1. The van der Waals surface area contributed by atoms with Crippen LogP contribution in [0.2, 0.25) is 0 Å². The number of aromatic nitrogens is 2. The second kappa shape index (κ2) is 9.48. The summed E-state index contributed by atoms with van der Waals surface area (Å²) in [6, 6.07) is 12.9. The predicted octanol–water partition coefficient (Wildman–Crippen LogP) is 5.75. The Morgan fingerprint density at radius 2 is 1.77 bits per heavy atom. The largest absolute Gasteiger partial charge is 0.433 e. The molecule has 10 heteroatoms. The highest BCUT2D eigenvalue weighted by atomic mass is 32.2. The highest BCUT2D eigenvalue weighted by Crippen LogP contribution is 2.32. The van der Waals surface area contributed by atoms with Gasteiger partial charge in [0.05, 0.1) is 17.1 Å². The van der Waals surface area contributed by atoms with E-state index in [0.717, 1.165) is 34.9 Å². The highest BCUT2D eigenvalue weighted by molar-refractivity contribution is 7.99. The molecule has 2 aromatic carbocycles. The maximum atomic E-state index is 13.3. The first-order valence-corrected chi connectivity index (χ1v) is 10.7. The van der Waals surface area contributed by atoms with Gasteiger partial charge in [-0.3, -0.25) is 4.79 Å². The third-order valence-electron chi connectivity index (χ3n) is 3.85. The second-order valence-electron chi connectivity index (χ2n) is 5.96. The number of thioether (sulfide) groups is 2. The molecule has 0 atom stereocenters. The Labute approximate surface area is 178 Å². The lowest BCUT2D eigenvalue weighted by Crippen LogP contribution is -2.15. The molecular formula is C20H15F4N3OS2. The minimum absolute atomic E-state index is 0.00652. The lowest BCUT2D eigenvalue weighted by molar-refractivity contribution is -0.141. The second-order valence-corrected chi connectivity index (χ2v) is 7.75. The standard InChI is InChI=1S/C20H15F4N3OS2/c1-29-16-5-3-2-4-14(16)25-18(28)11-30-19-26-15(10-17(27-19)20(22,23)24)12-6-8-13(21)9-7-12/h2-10H,11H2,1H3,(H,25,28). The zero-order valence-electron chi connectivity index (χ0n) is 15.5. The molecule has 30 heavy (non-hydrogen) atoms. The summed E-state index contributed by atoms with van der Waals surface area (Å²) in [6.45, 7) is 0. The van der Waals surface area contributed by atoms with Crippen molar-refractivity contribution in [1.29, 1.82) is 0 Å². The molecule has 0 saturated carbocycles. The van der Waals surface area contributed by atoms with E-state index in [9.17, 15) is 22.4 Å². The topological polar surface area (TPSA) is 54.9 Å². The molecule has 1 heterocycles. The van der Waals surface area contributed by atoms with E-state index < -0.39 is 23.6 Å². The quantitative estimate of drug-likeness (QED) is 0.292. The molecule has 0 saturated heterocycles. The Morgan fingerprint density at radius 3 is 2.43 bits per heavy atom. The minimum atomic E-state index is -4.69. The number of rotatable bonds is 6. The van der Waals surface area contributed by atoms with Gasteiger partial charge in [-0.2, -0.15) is 13.2 Å². The summed E-state index contributed by atoms with van der Waals surface area (Å²) in [6.07, 6.45) is -2.82. The number of benzene rings is 2. The molecule has 0 aliphatic carbocycles. The maximum Gasteiger partial charge on any atom is 0.433 e. The molecule has 0 aliphatic rings. The fourth-order valence-corrected chi connectivity index (χ4v) is 3.68. The number of carbonyl (C=O) groups excluding carboxylic acids is 1. The number of hydrogen-bond acceptors (Lipinski definition) is 5. The third kappa shape index (κ3) is 5.73. The molecule has 3 rings (SSSR count). The van der Waals surface area contributed by atoms with Crippen LogP contribution >= 0.6 is 23.5 Å². The van der Waals surface area contributed by atoms with E-state index in [1.807, 2.05) is 18.4 Å². The van der Waals surface area contributed by atoms with Crippen LogP contribution in [0.3, 0.4) is 0 Å². The van der Waals surface area contributed by atoms with Crippen molar-refractivity contribution in [2.45, 2.75) is 16.2 Å². The van der Waals surface area contributed by atoms with Crippen molar-refractivity contribution in [3.8, 4) is 11.3 Å². The van der Waals surface area contributed by atoms with Crippen molar-refractivity contribution < 1.29 is 22.4 Å². The number of anilines is 1. The van der Waals surface area contributed by atoms with Crippen LogP contribution in [0, 0.1) is 5.82 Å². The van der Waals surface area contributed by atoms with E-state index in [-0.39, 0.29) is 16.6 Å². The van der Waals surface area contributed by atoms with Crippen LogP contribution < -0.4 is 5.32 Å². The molecular weight excluding hydrogens is 438 g/mol.